The van der Waals surface area contributed by atoms with Crippen LogP contribution in [0.3, 0.4) is 0 Å². The topological polar surface area (TPSA) is 111 Å². The predicted molar refractivity (Wildman–Crippen MR) is 132 cm³/mol. The number of amides is 1. The molecule has 8 nitrogen and oxygen atoms in total. The van der Waals surface area contributed by atoms with Crippen LogP contribution in [0.2, 0.25) is 5.02 Å². The van der Waals surface area contributed by atoms with Crippen LogP contribution in [-0.2, 0) is 0 Å². The third kappa shape index (κ3) is 5.00. The Bertz CT molecular complexity index is 1370. The Morgan fingerprint density at radius 2 is 1.97 bits per heavy atom. The lowest BCUT2D eigenvalue weighted by Crippen LogP contribution is -2.12. The van der Waals surface area contributed by atoms with Crippen LogP contribution in [0, 0.1) is 6.92 Å². The Balaban J connectivity index is 1.56. The number of nitrogens with one attached hydrogen (secondary N) is 2. The summed E-state index contributed by atoms with van der Waals surface area (Å²) in [7, 11) is 1.47. The van der Waals surface area contributed by atoms with E-state index in [0.717, 1.165) is 10.0 Å². The number of nitrogens with zero attached hydrogens (tertiary/aromatic N) is 2. The predicted octanol–water partition coefficient (Wildman–Crippen LogP) is 5.55. The summed E-state index contributed by atoms with van der Waals surface area (Å²) >= 11 is 7.98. The van der Waals surface area contributed by atoms with Crippen LogP contribution in [0.1, 0.15) is 15.4 Å². The second kappa shape index (κ2) is 9.35. The zero-order valence-corrected chi connectivity index (χ0v) is 19.4. The molecule has 0 saturated carbocycles. The molecule has 0 aliphatic carbocycles. The highest BCUT2D eigenvalue weighted by atomic mass is 35.5. The number of aromatic nitrogens is 2. The molecule has 0 unspecified atom stereocenters. The lowest BCUT2D eigenvalue weighted by Gasteiger charge is -2.14. The normalized spacial score (nSPS) is 10.6. The summed E-state index contributed by atoms with van der Waals surface area (Å²) in [4.78, 5) is 20.3. The van der Waals surface area contributed by atoms with Gasteiger partial charge in [-0.1, -0.05) is 18.2 Å². The highest BCUT2D eigenvalue weighted by Gasteiger charge is 2.15. The van der Waals surface area contributed by atoms with Crippen LogP contribution in [0.15, 0.2) is 61.2 Å². The van der Waals surface area contributed by atoms with Crippen molar-refractivity contribution in [2.75, 3.05) is 17.7 Å². The highest BCUT2D eigenvalue weighted by Crippen LogP contribution is 2.35. The molecular formula is C23H20ClN5O3S. The van der Waals surface area contributed by atoms with Crippen LogP contribution in [0.5, 0.6) is 17.2 Å². The minimum Gasteiger partial charge on any atom is -0.496 e. The molecule has 2 heterocycles. The molecule has 10 heteroatoms. The number of carbonyl (C=O) groups is 1. The van der Waals surface area contributed by atoms with Gasteiger partial charge in [-0.15, -0.1) is 11.3 Å². The molecule has 168 valence electrons. The number of hydrogen-bond acceptors (Lipinski definition) is 8. The highest BCUT2D eigenvalue weighted by molar-refractivity contribution is 7.15. The summed E-state index contributed by atoms with van der Waals surface area (Å²) in [5.74, 6) is 1.30. The van der Waals surface area contributed by atoms with Crippen LogP contribution >= 0.6 is 22.9 Å². The molecule has 0 aliphatic heterocycles. The lowest BCUT2D eigenvalue weighted by molar-refractivity contribution is 0.0997. The number of halogens is 1. The fourth-order valence-electron chi connectivity index (χ4n) is 3.15. The average molecular weight is 482 g/mol. The Labute approximate surface area is 199 Å². The minimum atomic E-state index is -0.607. The van der Waals surface area contributed by atoms with Crippen molar-refractivity contribution in [1.29, 1.82) is 0 Å². The summed E-state index contributed by atoms with van der Waals surface area (Å²) in [5.41, 5.74) is 6.98. The van der Waals surface area contributed by atoms with Gasteiger partial charge in [-0.05, 0) is 31.2 Å². The van der Waals surface area contributed by atoms with Crippen molar-refractivity contribution in [1.82, 2.24) is 9.97 Å². The Morgan fingerprint density at radius 1 is 1.15 bits per heavy atom. The van der Waals surface area contributed by atoms with E-state index >= 15 is 0 Å². The van der Waals surface area contributed by atoms with Gasteiger partial charge in [0.25, 0.3) is 5.91 Å². The van der Waals surface area contributed by atoms with Crippen molar-refractivity contribution < 1.29 is 14.3 Å². The number of anilines is 2. The number of primary amides is 1. The summed E-state index contributed by atoms with van der Waals surface area (Å²) in [6, 6.07) is 10.2. The molecule has 0 radical (unpaired) electrons. The van der Waals surface area contributed by atoms with Gasteiger partial charge in [0.2, 0.25) is 0 Å². The first-order valence-electron chi connectivity index (χ1n) is 9.73. The molecule has 4 rings (SSSR count). The number of pyridine rings is 1. The molecule has 4 aromatic rings. The second-order valence-electron chi connectivity index (χ2n) is 6.96. The molecule has 0 saturated heterocycles. The molecule has 2 aromatic heterocycles. The Kier molecular flexibility index (Phi) is 6.34. The largest absolute Gasteiger partial charge is 0.496 e. The van der Waals surface area contributed by atoms with Gasteiger partial charge >= 0.3 is 0 Å². The molecular weight excluding hydrogens is 462 g/mol. The fourth-order valence-corrected chi connectivity index (χ4v) is 4.07. The summed E-state index contributed by atoms with van der Waals surface area (Å²) in [6.45, 7) is 5.90. The summed E-state index contributed by atoms with van der Waals surface area (Å²) < 4.78 is 11.3. The number of nitrogens with two attached hydrogens (primary N) is 1. The smallest absolute Gasteiger partial charge is 0.252 e. The van der Waals surface area contributed by atoms with E-state index in [4.69, 9.17) is 26.8 Å². The van der Waals surface area contributed by atoms with Gasteiger partial charge in [-0.25, -0.2) is 4.98 Å². The maximum absolute atomic E-state index is 11.8. The van der Waals surface area contributed by atoms with Crippen LogP contribution in [0.25, 0.3) is 10.9 Å². The van der Waals surface area contributed by atoms with Crippen LogP contribution in [-0.4, -0.2) is 23.0 Å². The van der Waals surface area contributed by atoms with E-state index < -0.39 is 5.91 Å². The van der Waals surface area contributed by atoms with E-state index in [0.29, 0.717) is 44.7 Å². The molecule has 0 bridgehead atoms. The zero-order valence-electron chi connectivity index (χ0n) is 17.8. The number of fused-ring (bicyclic) bond motifs is 1. The number of benzene rings is 2. The van der Waals surface area contributed by atoms with Crippen molar-refractivity contribution in [3.8, 4) is 17.2 Å². The molecule has 0 spiro atoms. The zero-order chi connectivity index (χ0) is 23.5. The average Bonchev–Trinajstić information content (AvgIpc) is 3.19. The number of methoxy groups -OCH3 is 1. The van der Waals surface area contributed by atoms with Crippen molar-refractivity contribution in [2.24, 2.45) is 5.73 Å². The first kappa shape index (κ1) is 22.4. The van der Waals surface area contributed by atoms with Crippen LogP contribution < -0.4 is 25.8 Å². The molecule has 2 aromatic carbocycles. The summed E-state index contributed by atoms with van der Waals surface area (Å²) in [6.07, 6.45) is 3.35. The fraction of sp³-hybridized carbons (Fsp3) is 0.0870. The van der Waals surface area contributed by atoms with E-state index in [1.54, 1.807) is 48.8 Å². The summed E-state index contributed by atoms with van der Waals surface area (Å²) in [5, 5.41) is 9.15. The quantitative estimate of drug-likeness (QED) is 0.302. The van der Waals surface area contributed by atoms with Crippen molar-refractivity contribution in [2.45, 2.75) is 6.92 Å². The SMILES string of the molecule is C=C(Nc1cnc(C)s1)Nc1ccc(Oc2ccnc3cc(OC)c(C(N)=O)cc23)cc1Cl. The van der Waals surface area contributed by atoms with Gasteiger partial charge in [0.15, 0.2) is 0 Å². The van der Waals surface area contributed by atoms with Crippen molar-refractivity contribution in [3.63, 3.8) is 0 Å². The maximum Gasteiger partial charge on any atom is 0.252 e. The maximum atomic E-state index is 11.8. The number of thiazole rings is 1. The van der Waals surface area contributed by atoms with E-state index in [9.17, 15) is 4.79 Å². The monoisotopic (exact) mass is 481 g/mol. The first-order valence-corrected chi connectivity index (χ1v) is 10.9. The Morgan fingerprint density at radius 3 is 2.64 bits per heavy atom. The molecule has 0 fully saturated rings. The van der Waals surface area contributed by atoms with Gasteiger partial charge in [0, 0.05) is 23.7 Å². The van der Waals surface area contributed by atoms with Gasteiger partial charge < -0.3 is 25.8 Å². The van der Waals surface area contributed by atoms with E-state index in [1.807, 2.05) is 6.92 Å². The van der Waals surface area contributed by atoms with E-state index in [1.165, 1.54) is 18.4 Å². The number of rotatable bonds is 8. The Hall–Kier alpha value is -3.82. The molecule has 33 heavy (non-hydrogen) atoms. The molecule has 0 atom stereocenters. The van der Waals surface area contributed by atoms with Crippen molar-refractivity contribution >= 4 is 50.4 Å². The van der Waals surface area contributed by atoms with Crippen LogP contribution in [0.4, 0.5) is 10.7 Å². The third-order valence-corrected chi connectivity index (χ3v) is 5.78. The standard InChI is InChI=1S/C23H20ClN5O3S/c1-12(29-22-11-27-13(2)33-22)28-18-5-4-14(8-17(18)24)32-20-6-7-26-19-10-21(31-3)16(23(25)30)9-15(19)20/h4-11,28-29H,1H2,2-3H3,(H2,25,30). The van der Waals surface area contributed by atoms with E-state index in [-0.39, 0.29) is 5.56 Å². The van der Waals surface area contributed by atoms with Gasteiger partial charge in [0.05, 0.1) is 40.1 Å². The van der Waals surface area contributed by atoms with E-state index in [2.05, 4.69) is 27.2 Å². The number of carbonyl (C=O) groups excluding carboxylic acids is 1. The number of ether oxygens (including phenoxy) is 2. The van der Waals surface area contributed by atoms with Crippen molar-refractivity contribution in [3.05, 3.63) is 76.8 Å². The second-order valence-corrected chi connectivity index (χ2v) is 8.60. The molecule has 1 amide bonds. The number of aryl methyl sites for hydroxylation is 1. The first-order chi connectivity index (χ1) is 15.8. The van der Waals surface area contributed by atoms with Gasteiger partial charge in [0.1, 0.15) is 28.1 Å². The minimum absolute atomic E-state index is 0.238. The number of hydrogen-bond donors (Lipinski definition) is 3. The molecule has 0 aliphatic rings. The third-order valence-electron chi connectivity index (χ3n) is 4.64. The lowest BCUT2D eigenvalue weighted by atomic mass is 10.1. The molecule has 4 N–H and O–H groups in total. The van der Waals surface area contributed by atoms with Gasteiger partial charge in [-0.2, -0.15) is 0 Å². The van der Waals surface area contributed by atoms with Gasteiger partial charge in [-0.3, -0.25) is 9.78 Å².